The van der Waals surface area contributed by atoms with Crippen molar-refractivity contribution in [1.29, 1.82) is 0 Å². The second kappa shape index (κ2) is 5.09. The number of amidine groups is 1. The van der Waals surface area contributed by atoms with Gasteiger partial charge in [0.1, 0.15) is 0 Å². The van der Waals surface area contributed by atoms with Gasteiger partial charge in [-0.25, -0.2) is 0 Å². The van der Waals surface area contributed by atoms with Crippen molar-refractivity contribution in [2.75, 3.05) is 11.1 Å². The average Bonchev–Trinajstić information content (AvgIpc) is 2.67. The standard InChI is InChI=1S/C12H14Cl2N2S/c1-3-12(2)7-17-11(16-12)15-10-6-8(13)4-5-9(10)14/h4-6H,3,7H2,1-2H3,(H,15,16). The zero-order chi connectivity index (χ0) is 12.5. The van der Waals surface area contributed by atoms with E-state index in [9.17, 15) is 0 Å². The van der Waals surface area contributed by atoms with E-state index in [0.29, 0.717) is 10.0 Å². The Kier molecular flexibility index (Phi) is 3.91. The number of benzene rings is 1. The third-order valence-corrected chi connectivity index (χ3v) is 4.62. The van der Waals surface area contributed by atoms with Gasteiger partial charge >= 0.3 is 0 Å². The summed E-state index contributed by atoms with van der Waals surface area (Å²) in [5.41, 5.74) is 0.851. The highest BCUT2D eigenvalue weighted by Crippen LogP contribution is 2.32. The van der Waals surface area contributed by atoms with E-state index in [1.54, 1.807) is 23.9 Å². The fourth-order valence-corrected chi connectivity index (χ4v) is 3.01. The largest absolute Gasteiger partial charge is 0.334 e. The van der Waals surface area contributed by atoms with Crippen molar-refractivity contribution in [1.82, 2.24) is 0 Å². The van der Waals surface area contributed by atoms with E-state index in [2.05, 4.69) is 24.2 Å². The molecule has 1 unspecified atom stereocenters. The van der Waals surface area contributed by atoms with Crippen LogP contribution in [0.5, 0.6) is 0 Å². The minimum Gasteiger partial charge on any atom is -0.334 e. The van der Waals surface area contributed by atoms with Crippen molar-refractivity contribution < 1.29 is 0 Å². The highest BCUT2D eigenvalue weighted by Gasteiger charge is 2.28. The highest BCUT2D eigenvalue weighted by molar-refractivity contribution is 8.14. The topological polar surface area (TPSA) is 24.4 Å². The Morgan fingerprint density at radius 2 is 2.24 bits per heavy atom. The van der Waals surface area contributed by atoms with E-state index in [1.807, 2.05) is 6.07 Å². The molecule has 1 aromatic rings. The second-order valence-corrected chi connectivity index (χ2v) is 6.11. The molecule has 0 amide bonds. The summed E-state index contributed by atoms with van der Waals surface area (Å²) >= 11 is 13.8. The molecule has 2 nitrogen and oxygen atoms in total. The van der Waals surface area contributed by atoms with Crippen molar-refractivity contribution in [3.05, 3.63) is 28.2 Å². The predicted octanol–water partition coefficient (Wildman–Crippen LogP) is 4.68. The zero-order valence-electron chi connectivity index (χ0n) is 9.76. The molecule has 17 heavy (non-hydrogen) atoms. The van der Waals surface area contributed by atoms with Gasteiger partial charge in [0, 0.05) is 10.8 Å². The number of rotatable bonds is 2. The van der Waals surface area contributed by atoms with Crippen LogP contribution in [0.3, 0.4) is 0 Å². The molecule has 0 aromatic heterocycles. The Hall–Kier alpha value is -0.380. The van der Waals surface area contributed by atoms with Crippen LogP contribution in [0.4, 0.5) is 5.69 Å². The summed E-state index contributed by atoms with van der Waals surface area (Å²) in [6, 6.07) is 5.37. The molecule has 1 aliphatic rings. The summed E-state index contributed by atoms with van der Waals surface area (Å²) in [4.78, 5) is 4.67. The first-order valence-corrected chi connectivity index (χ1v) is 7.21. The second-order valence-electron chi connectivity index (χ2n) is 4.31. The number of aliphatic imine (C=N–C) groups is 1. The first-order valence-electron chi connectivity index (χ1n) is 5.47. The van der Waals surface area contributed by atoms with Crippen LogP contribution in [0.15, 0.2) is 23.2 Å². The minimum atomic E-state index is 0.0397. The van der Waals surface area contributed by atoms with E-state index in [4.69, 9.17) is 23.2 Å². The number of thioether (sulfide) groups is 1. The molecule has 1 N–H and O–H groups in total. The number of nitrogens with one attached hydrogen (secondary N) is 1. The fourth-order valence-electron chi connectivity index (χ4n) is 1.49. The Morgan fingerprint density at radius 3 is 2.88 bits per heavy atom. The predicted molar refractivity (Wildman–Crippen MR) is 78.7 cm³/mol. The van der Waals surface area contributed by atoms with Crippen molar-refractivity contribution >= 4 is 45.8 Å². The van der Waals surface area contributed by atoms with Gasteiger partial charge in [-0.1, -0.05) is 41.9 Å². The average molecular weight is 289 g/mol. The molecular formula is C12H14Cl2N2S. The van der Waals surface area contributed by atoms with E-state index in [0.717, 1.165) is 23.0 Å². The highest BCUT2D eigenvalue weighted by atomic mass is 35.5. The zero-order valence-corrected chi connectivity index (χ0v) is 12.1. The molecule has 1 aliphatic heterocycles. The summed E-state index contributed by atoms with van der Waals surface area (Å²) in [5.74, 6) is 1.00. The molecule has 92 valence electrons. The van der Waals surface area contributed by atoms with Crippen LogP contribution in [0.1, 0.15) is 20.3 Å². The lowest BCUT2D eigenvalue weighted by molar-refractivity contribution is 0.523. The van der Waals surface area contributed by atoms with Crippen molar-refractivity contribution in [3.8, 4) is 0 Å². The van der Waals surface area contributed by atoms with Gasteiger partial charge in [-0.05, 0) is 31.5 Å². The maximum Gasteiger partial charge on any atom is 0.161 e. The molecular weight excluding hydrogens is 275 g/mol. The number of anilines is 1. The third-order valence-electron chi connectivity index (χ3n) is 2.82. The number of halogens is 2. The lowest BCUT2D eigenvalue weighted by atomic mass is 10.0. The molecule has 0 saturated carbocycles. The smallest absolute Gasteiger partial charge is 0.161 e. The van der Waals surface area contributed by atoms with Gasteiger partial charge in [-0.3, -0.25) is 4.99 Å². The summed E-state index contributed by atoms with van der Waals surface area (Å²) in [5, 5.41) is 5.47. The fraction of sp³-hybridized carbons (Fsp3) is 0.417. The van der Waals surface area contributed by atoms with Gasteiger partial charge in [0.25, 0.3) is 0 Å². The molecule has 5 heteroatoms. The van der Waals surface area contributed by atoms with Crippen LogP contribution in [0.2, 0.25) is 10.0 Å². The molecule has 1 heterocycles. The van der Waals surface area contributed by atoms with Crippen molar-refractivity contribution in [3.63, 3.8) is 0 Å². The molecule has 0 radical (unpaired) electrons. The number of nitrogens with zero attached hydrogens (tertiary/aromatic N) is 1. The Bertz CT molecular complexity index is 462. The van der Waals surface area contributed by atoms with Crippen molar-refractivity contribution in [2.45, 2.75) is 25.8 Å². The van der Waals surface area contributed by atoms with Crippen LogP contribution in [-0.4, -0.2) is 16.5 Å². The number of hydrogen-bond donors (Lipinski definition) is 1. The molecule has 0 bridgehead atoms. The van der Waals surface area contributed by atoms with Crippen LogP contribution in [-0.2, 0) is 0 Å². The van der Waals surface area contributed by atoms with Gasteiger partial charge < -0.3 is 5.32 Å². The maximum absolute atomic E-state index is 6.09. The monoisotopic (exact) mass is 288 g/mol. The Labute approximate surface area is 116 Å². The van der Waals surface area contributed by atoms with Crippen molar-refractivity contribution in [2.24, 2.45) is 4.99 Å². The quantitative estimate of drug-likeness (QED) is 0.855. The molecule has 1 aromatic carbocycles. The van der Waals surface area contributed by atoms with Gasteiger partial charge in [0.15, 0.2) is 5.17 Å². The van der Waals surface area contributed by atoms with Gasteiger partial charge in [-0.2, -0.15) is 0 Å². The van der Waals surface area contributed by atoms with E-state index in [1.165, 1.54) is 0 Å². The van der Waals surface area contributed by atoms with Gasteiger partial charge in [0.05, 0.1) is 16.2 Å². The molecule has 0 spiro atoms. The summed E-state index contributed by atoms with van der Waals surface area (Å²) < 4.78 is 0. The van der Waals surface area contributed by atoms with Crippen LogP contribution in [0.25, 0.3) is 0 Å². The summed E-state index contributed by atoms with van der Waals surface area (Å²) in [6.07, 6.45) is 1.04. The normalized spacial score (nSPS) is 23.6. The summed E-state index contributed by atoms with van der Waals surface area (Å²) in [7, 11) is 0. The Balaban J connectivity index is 2.17. The third kappa shape index (κ3) is 3.09. The molecule has 0 fully saturated rings. The SMILES string of the molecule is CCC1(C)CSC(Nc2cc(Cl)ccc2Cl)=N1. The van der Waals surface area contributed by atoms with Crippen LogP contribution < -0.4 is 5.32 Å². The molecule has 0 saturated heterocycles. The number of hydrogen-bond acceptors (Lipinski definition) is 3. The maximum atomic E-state index is 6.09. The van der Waals surface area contributed by atoms with Gasteiger partial charge in [0.2, 0.25) is 0 Å². The Morgan fingerprint density at radius 1 is 1.47 bits per heavy atom. The first-order chi connectivity index (χ1) is 8.02. The molecule has 2 rings (SSSR count). The lowest BCUT2D eigenvalue weighted by Gasteiger charge is -2.15. The molecule has 1 atom stereocenters. The van der Waals surface area contributed by atoms with E-state index >= 15 is 0 Å². The molecule has 0 aliphatic carbocycles. The first kappa shape index (κ1) is 13.1. The lowest BCUT2D eigenvalue weighted by Crippen LogP contribution is -2.20. The van der Waals surface area contributed by atoms with E-state index < -0.39 is 0 Å². The van der Waals surface area contributed by atoms with E-state index in [-0.39, 0.29) is 5.54 Å². The van der Waals surface area contributed by atoms with Crippen LogP contribution in [0, 0.1) is 0 Å². The summed E-state index contributed by atoms with van der Waals surface area (Å²) in [6.45, 7) is 4.31. The minimum absolute atomic E-state index is 0.0397. The van der Waals surface area contributed by atoms with Gasteiger partial charge in [-0.15, -0.1) is 0 Å². The van der Waals surface area contributed by atoms with Crippen LogP contribution >= 0.6 is 35.0 Å².